The van der Waals surface area contributed by atoms with Gasteiger partial charge in [-0.15, -0.1) is 0 Å². The number of hydrogen-bond acceptors (Lipinski definition) is 4. The van der Waals surface area contributed by atoms with Crippen LogP contribution < -0.4 is 16.6 Å². The van der Waals surface area contributed by atoms with Crippen LogP contribution in [0.3, 0.4) is 0 Å². The van der Waals surface area contributed by atoms with Crippen molar-refractivity contribution in [1.82, 2.24) is 19.8 Å². The summed E-state index contributed by atoms with van der Waals surface area (Å²) >= 11 is 0. The molecule has 1 aromatic carbocycles. The van der Waals surface area contributed by atoms with Gasteiger partial charge in [0.15, 0.2) is 0 Å². The van der Waals surface area contributed by atoms with Crippen molar-refractivity contribution >= 4 is 16.8 Å². The van der Waals surface area contributed by atoms with E-state index in [9.17, 15) is 14.4 Å². The molecule has 2 aliphatic heterocycles. The quantitative estimate of drug-likeness (QED) is 0.861. The molecule has 0 saturated carbocycles. The number of aromatic amines is 1. The molecule has 138 valence electrons. The molecule has 1 aromatic heterocycles. The van der Waals surface area contributed by atoms with E-state index in [-0.39, 0.29) is 17.5 Å². The molecule has 3 heterocycles. The Kier molecular flexibility index (Phi) is 4.19. The lowest BCUT2D eigenvalue weighted by molar-refractivity contribution is 0.0682. The summed E-state index contributed by atoms with van der Waals surface area (Å²) in [4.78, 5) is 41.9. The normalized spacial score (nSPS) is 24.8. The van der Waals surface area contributed by atoms with E-state index >= 15 is 0 Å². The molecule has 2 unspecified atom stereocenters. The highest BCUT2D eigenvalue weighted by Gasteiger charge is 2.36. The van der Waals surface area contributed by atoms with Gasteiger partial charge in [-0.1, -0.05) is 0 Å². The Morgan fingerprint density at radius 2 is 1.92 bits per heavy atom. The summed E-state index contributed by atoms with van der Waals surface area (Å²) < 4.78 is 1.15. The Labute approximate surface area is 151 Å². The van der Waals surface area contributed by atoms with Crippen LogP contribution in [0.15, 0.2) is 27.8 Å². The zero-order valence-electron chi connectivity index (χ0n) is 15.1. The van der Waals surface area contributed by atoms with Crippen molar-refractivity contribution in [3.05, 3.63) is 44.6 Å². The van der Waals surface area contributed by atoms with Crippen LogP contribution in [0.1, 0.15) is 43.0 Å². The molecule has 2 fully saturated rings. The molecule has 2 bridgehead atoms. The lowest BCUT2D eigenvalue weighted by Crippen LogP contribution is -2.48. The van der Waals surface area contributed by atoms with Crippen molar-refractivity contribution in [2.75, 3.05) is 7.05 Å². The lowest BCUT2D eigenvalue weighted by atomic mass is 9.98. The fourth-order valence-corrected chi connectivity index (χ4v) is 4.39. The molecule has 2 N–H and O–H groups in total. The van der Waals surface area contributed by atoms with Gasteiger partial charge in [-0.25, -0.2) is 4.79 Å². The molecule has 0 spiro atoms. The predicted octanol–water partition coefficient (Wildman–Crippen LogP) is 1.06. The average Bonchev–Trinajstić information content (AvgIpc) is 2.98. The monoisotopic (exact) mass is 356 g/mol. The van der Waals surface area contributed by atoms with Crippen LogP contribution in [-0.4, -0.2) is 45.5 Å². The first kappa shape index (κ1) is 17.0. The minimum Gasteiger partial charge on any atom is -0.339 e. The number of nitrogens with zero attached hydrogens (tertiary/aromatic N) is 2. The number of H-pyrrole nitrogens is 1. The zero-order valence-corrected chi connectivity index (χ0v) is 15.1. The molecule has 2 saturated heterocycles. The number of piperidine rings is 1. The van der Waals surface area contributed by atoms with Gasteiger partial charge in [0.1, 0.15) is 0 Å². The fourth-order valence-electron chi connectivity index (χ4n) is 4.39. The molecule has 4 rings (SSSR count). The number of fused-ring (bicyclic) bond motifs is 3. The Balaban J connectivity index is 1.64. The standard InChI is InChI=1S/C19H24N4O3/c1-3-23-18(25)15-7-4-11(8-16(15)21-19(23)26)17(24)22(2)14-9-12-5-6-13(10-14)20-12/h4,7-8,12-14,20H,3,5-6,9-10H2,1-2H3,(H,21,26). The molecule has 26 heavy (non-hydrogen) atoms. The third-order valence-electron chi connectivity index (χ3n) is 5.86. The summed E-state index contributed by atoms with van der Waals surface area (Å²) in [7, 11) is 1.85. The van der Waals surface area contributed by atoms with E-state index in [1.54, 1.807) is 25.1 Å². The van der Waals surface area contributed by atoms with Crippen molar-refractivity contribution in [1.29, 1.82) is 0 Å². The van der Waals surface area contributed by atoms with E-state index in [0.717, 1.165) is 17.4 Å². The Bertz CT molecular complexity index is 965. The number of carbonyl (C=O) groups excluding carboxylic acids is 1. The first-order valence-electron chi connectivity index (χ1n) is 9.28. The molecule has 2 aliphatic rings. The molecule has 1 amide bonds. The van der Waals surface area contributed by atoms with Gasteiger partial charge in [-0.3, -0.25) is 14.2 Å². The SMILES string of the molecule is CCn1c(=O)[nH]c2cc(C(=O)N(C)C3CC4CCC(C3)N4)ccc2c1=O. The van der Waals surface area contributed by atoms with Crippen LogP contribution in [0.2, 0.25) is 0 Å². The Hall–Kier alpha value is -2.41. The van der Waals surface area contributed by atoms with E-state index in [4.69, 9.17) is 0 Å². The third kappa shape index (κ3) is 2.76. The van der Waals surface area contributed by atoms with Gasteiger partial charge in [0, 0.05) is 37.3 Å². The second-order valence-electron chi connectivity index (χ2n) is 7.42. The van der Waals surface area contributed by atoms with Crippen molar-refractivity contribution < 1.29 is 4.79 Å². The van der Waals surface area contributed by atoms with Crippen molar-refractivity contribution in [2.45, 2.75) is 57.3 Å². The number of hydrogen-bond donors (Lipinski definition) is 2. The van der Waals surface area contributed by atoms with Crippen LogP contribution in [0.25, 0.3) is 10.9 Å². The molecule has 7 heteroatoms. The molecule has 7 nitrogen and oxygen atoms in total. The van der Waals surface area contributed by atoms with Gasteiger partial charge >= 0.3 is 5.69 Å². The summed E-state index contributed by atoms with van der Waals surface area (Å²) in [6.07, 6.45) is 4.32. The fraction of sp³-hybridized carbons (Fsp3) is 0.526. The highest BCUT2D eigenvalue weighted by Crippen LogP contribution is 2.30. The Morgan fingerprint density at radius 3 is 2.58 bits per heavy atom. The molecular weight excluding hydrogens is 332 g/mol. The minimum atomic E-state index is -0.446. The molecule has 0 aliphatic carbocycles. The summed E-state index contributed by atoms with van der Waals surface area (Å²) in [6.45, 7) is 2.06. The van der Waals surface area contributed by atoms with Gasteiger partial charge < -0.3 is 15.2 Å². The van der Waals surface area contributed by atoms with E-state index in [1.807, 2.05) is 11.9 Å². The first-order valence-corrected chi connectivity index (χ1v) is 9.28. The minimum absolute atomic E-state index is 0.0706. The molecular formula is C19H24N4O3. The number of benzene rings is 1. The van der Waals surface area contributed by atoms with E-state index < -0.39 is 5.69 Å². The highest BCUT2D eigenvalue weighted by molar-refractivity contribution is 5.97. The van der Waals surface area contributed by atoms with Crippen LogP contribution in [0.5, 0.6) is 0 Å². The number of rotatable bonds is 3. The summed E-state index contributed by atoms with van der Waals surface area (Å²) in [5, 5.41) is 4.01. The van der Waals surface area contributed by atoms with E-state index in [2.05, 4.69) is 10.3 Å². The second-order valence-corrected chi connectivity index (χ2v) is 7.42. The lowest BCUT2D eigenvalue weighted by Gasteiger charge is -2.35. The first-order chi connectivity index (χ1) is 12.5. The van der Waals surface area contributed by atoms with Gasteiger partial charge in [-0.05, 0) is 50.8 Å². The zero-order chi connectivity index (χ0) is 18.4. The Morgan fingerprint density at radius 1 is 1.23 bits per heavy atom. The van der Waals surface area contributed by atoms with Crippen LogP contribution >= 0.6 is 0 Å². The number of aromatic nitrogens is 2. The maximum Gasteiger partial charge on any atom is 0.328 e. The molecule has 2 atom stereocenters. The summed E-state index contributed by atoms with van der Waals surface area (Å²) in [6, 6.07) is 6.17. The van der Waals surface area contributed by atoms with Gasteiger partial charge in [0.2, 0.25) is 0 Å². The largest absolute Gasteiger partial charge is 0.339 e. The maximum atomic E-state index is 12.9. The van der Waals surface area contributed by atoms with Crippen LogP contribution in [-0.2, 0) is 6.54 Å². The van der Waals surface area contributed by atoms with E-state index in [0.29, 0.717) is 35.1 Å². The average molecular weight is 356 g/mol. The van der Waals surface area contributed by atoms with Crippen LogP contribution in [0, 0.1) is 0 Å². The summed E-state index contributed by atoms with van der Waals surface area (Å²) in [5.74, 6) is -0.0706. The van der Waals surface area contributed by atoms with Crippen molar-refractivity contribution in [3.8, 4) is 0 Å². The number of carbonyl (C=O) groups is 1. The summed E-state index contributed by atoms with van der Waals surface area (Å²) in [5.41, 5.74) is 0.135. The van der Waals surface area contributed by atoms with Gasteiger partial charge in [0.25, 0.3) is 11.5 Å². The molecule has 0 radical (unpaired) electrons. The topological polar surface area (TPSA) is 87.2 Å². The highest BCUT2D eigenvalue weighted by atomic mass is 16.2. The van der Waals surface area contributed by atoms with Crippen LogP contribution in [0.4, 0.5) is 0 Å². The van der Waals surface area contributed by atoms with Gasteiger partial charge in [-0.2, -0.15) is 0 Å². The smallest absolute Gasteiger partial charge is 0.328 e. The maximum absolute atomic E-state index is 12.9. The van der Waals surface area contributed by atoms with Crippen molar-refractivity contribution in [3.63, 3.8) is 0 Å². The van der Waals surface area contributed by atoms with Gasteiger partial charge in [0.05, 0.1) is 10.9 Å². The van der Waals surface area contributed by atoms with Crippen molar-refractivity contribution in [2.24, 2.45) is 0 Å². The second kappa shape index (κ2) is 6.39. The number of amides is 1. The number of nitrogens with one attached hydrogen (secondary N) is 2. The van der Waals surface area contributed by atoms with E-state index in [1.165, 1.54) is 12.8 Å². The predicted molar refractivity (Wildman–Crippen MR) is 99.6 cm³/mol. The third-order valence-corrected chi connectivity index (χ3v) is 5.86. The molecule has 2 aromatic rings.